The molecule has 0 spiro atoms. The van der Waals surface area contributed by atoms with Gasteiger partial charge < -0.3 is 9.84 Å². The first-order chi connectivity index (χ1) is 7.56. The van der Waals surface area contributed by atoms with Crippen molar-refractivity contribution in [3.8, 4) is 17.6 Å². The Morgan fingerprint density at radius 2 is 2.25 bits per heavy atom. The zero-order chi connectivity index (χ0) is 12.3. The summed E-state index contributed by atoms with van der Waals surface area (Å²) in [7, 11) is 1.35. The topological polar surface area (TPSA) is 53.2 Å². The van der Waals surface area contributed by atoms with E-state index in [0.717, 1.165) is 0 Å². The van der Waals surface area contributed by atoms with Crippen molar-refractivity contribution >= 4 is 0 Å². The Labute approximate surface area is 94.1 Å². The van der Waals surface area contributed by atoms with Crippen molar-refractivity contribution in [3.63, 3.8) is 0 Å². The third-order valence-corrected chi connectivity index (χ3v) is 2.55. The van der Waals surface area contributed by atoms with Gasteiger partial charge in [0.2, 0.25) is 5.82 Å². The summed E-state index contributed by atoms with van der Waals surface area (Å²) in [5.74, 6) is -1.79. The third-order valence-electron chi connectivity index (χ3n) is 2.55. The van der Waals surface area contributed by atoms with E-state index in [-0.39, 0.29) is 5.75 Å². The van der Waals surface area contributed by atoms with Crippen molar-refractivity contribution in [2.45, 2.75) is 26.2 Å². The molecule has 1 atom stereocenters. The second-order valence-electron chi connectivity index (χ2n) is 3.53. The molecule has 3 nitrogen and oxygen atoms in total. The van der Waals surface area contributed by atoms with Crippen LogP contribution in [0, 0.1) is 17.1 Å². The molecule has 86 valence electrons. The molecule has 1 N–H and O–H groups in total. The fourth-order valence-corrected chi connectivity index (χ4v) is 1.58. The van der Waals surface area contributed by atoms with Gasteiger partial charge in [-0.15, -0.1) is 0 Å². The molecule has 0 aliphatic heterocycles. The average Bonchev–Trinajstić information content (AvgIpc) is 2.31. The van der Waals surface area contributed by atoms with Crippen LogP contribution in [-0.2, 0) is 6.42 Å². The number of nitrogens with zero attached hydrogens (tertiary/aromatic N) is 1. The third kappa shape index (κ3) is 1.94. The molecule has 1 rings (SSSR count). The highest BCUT2D eigenvalue weighted by atomic mass is 19.1. The fraction of sp³-hybridized carbons (Fsp3) is 0.417. The number of phenols is 1. The molecule has 0 radical (unpaired) electrons. The maximum atomic E-state index is 13.7. The number of aryl methyl sites for hydroxylation is 1. The summed E-state index contributed by atoms with van der Waals surface area (Å²) in [5, 5.41) is 18.4. The summed E-state index contributed by atoms with van der Waals surface area (Å²) in [6.45, 7) is 3.47. The predicted molar refractivity (Wildman–Crippen MR) is 58.0 cm³/mol. The molecule has 16 heavy (non-hydrogen) atoms. The first kappa shape index (κ1) is 12.3. The van der Waals surface area contributed by atoms with Gasteiger partial charge in [0.15, 0.2) is 11.5 Å². The van der Waals surface area contributed by atoms with Crippen LogP contribution in [0.15, 0.2) is 6.07 Å². The van der Waals surface area contributed by atoms with Crippen molar-refractivity contribution in [3.05, 3.63) is 23.0 Å². The maximum absolute atomic E-state index is 13.7. The largest absolute Gasteiger partial charge is 0.504 e. The molecule has 0 aromatic heterocycles. The molecule has 1 aromatic carbocycles. The Morgan fingerprint density at radius 3 is 2.69 bits per heavy atom. The second kappa shape index (κ2) is 4.84. The average molecular weight is 223 g/mol. The molecular weight excluding hydrogens is 209 g/mol. The Kier molecular flexibility index (Phi) is 3.73. The summed E-state index contributed by atoms with van der Waals surface area (Å²) in [4.78, 5) is 0. The highest BCUT2D eigenvalue weighted by Gasteiger charge is 2.20. The number of hydrogen-bond donors (Lipinski definition) is 1. The fourth-order valence-electron chi connectivity index (χ4n) is 1.58. The molecule has 4 heteroatoms. The molecular formula is C12H14FNO2. The summed E-state index contributed by atoms with van der Waals surface area (Å²) in [5.41, 5.74) is 0.951. The number of benzene rings is 1. The van der Waals surface area contributed by atoms with Crippen LogP contribution in [0.1, 0.15) is 30.9 Å². The van der Waals surface area contributed by atoms with Gasteiger partial charge in [0.1, 0.15) is 0 Å². The Morgan fingerprint density at radius 1 is 1.62 bits per heavy atom. The molecule has 0 saturated carbocycles. The molecule has 0 aliphatic rings. The van der Waals surface area contributed by atoms with Crippen molar-refractivity contribution in [2.24, 2.45) is 0 Å². The molecule has 1 aromatic rings. The van der Waals surface area contributed by atoms with E-state index in [1.807, 2.05) is 13.0 Å². The molecule has 0 aliphatic carbocycles. The quantitative estimate of drug-likeness (QED) is 0.857. The van der Waals surface area contributed by atoms with Crippen LogP contribution in [0.4, 0.5) is 4.39 Å². The summed E-state index contributed by atoms with van der Waals surface area (Å²) in [6, 6.07) is 3.59. The Bertz CT molecular complexity index is 438. The van der Waals surface area contributed by atoms with E-state index >= 15 is 0 Å². The van der Waals surface area contributed by atoms with E-state index in [1.165, 1.54) is 7.11 Å². The van der Waals surface area contributed by atoms with Gasteiger partial charge in [0.05, 0.1) is 19.1 Å². The number of rotatable bonds is 3. The maximum Gasteiger partial charge on any atom is 0.207 e. The van der Waals surface area contributed by atoms with E-state index in [1.54, 1.807) is 13.0 Å². The Hall–Kier alpha value is -1.76. The summed E-state index contributed by atoms with van der Waals surface area (Å²) < 4.78 is 18.6. The Balaban J connectivity index is 3.45. The van der Waals surface area contributed by atoms with Crippen molar-refractivity contribution < 1.29 is 14.2 Å². The van der Waals surface area contributed by atoms with E-state index in [2.05, 4.69) is 0 Å². The number of halogens is 1. The van der Waals surface area contributed by atoms with Gasteiger partial charge in [-0.2, -0.15) is 9.65 Å². The number of phenolic OH excluding ortho intramolecular Hbond substituents is 1. The minimum absolute atomic E-state index is 0.0499. The van der Waals surface area contributed by atoms with Crippen LogP contribution in [0.25, 0.3) is 0 Å². The smallest absolute Gasteiger partial charge is 0.207 e. The molecule has 0 fully saturated rings. The zero-order valence-corrected chi connectivity index (χ0v) is 9.54. The van der Waals surface area contributed by atoms with Crippen LogP contribution < -0.4 is 4.74 Å². The zero-order valence-electron chi connectivity index (χ0n) is 9.54. The number of methoxy groups -OCH3 is 1. The minimum Gasteiger partial charge on any atom is -0.504 e. The van der Waals surface area contributed by atoms with Crippen LogP contribution in [0.5, 0.6) is 11.5 Å². The normalized spacial score (nSPS) is 11.9. The van der Waals surface area contributed by atoms with Gasteiger partial charge in [-0.1, -0.05) is 6.92 Å². The lowest BCUT2D eigenvalue weighted by Gasteiger charge is -2.14. The van der Waals surface area contributed by atoms with E-state index < -0.39 is 17.5 Å². The van der Waals surface area contributed by atoms with Gasteiger partial charge >= 0.3 is 0 Å². The number of hydrogen-bond acceptors (Lipinski definition) is 3. The van der Waals surface area contributed by atoms with Crippen molar-refractivity contribution in [1.82, 2.24) is 0 Å². The van der Waals surface area contributed by atoms with Gasteiger partial charge in [-0.05, 0) is 25.0 Å². The van der Waals surface area contributed by atoms with Crippen molar-refractivity contribution in [1.29, 1.82) is 5.26 Å². The highest BCUT2D eigenvalue weighted by Crippen LogP contribution is 2.36. The minimum atomic E-state index is -0.793. The molecule has 0 bridgehead atoms. The lowest BCUT2D eigenvalue weighted by Crippen LogP contribution is -2.00. The first-order valence-corrected chi connectivity index (χ1v) is 5.04. The highest BCUT2D eigenvalue weighted by molar-refractivity contribution is 5.50. The van der Waals surface area contributed by atoms with Crippen LogP contribution in [0.2, 0.25) is 0 Å². The van der Waals surface area contributed by atoms with Crippen LogP contribution in [-0.4, -0.2) is 12.2 Å². The van der Waals surface area contributed by atoms with Crippen LogP contribution >= 0.6 is 0 Å². The lowest BCUT2D eigenvalue weighted by atomic mass is 9.97. The number of aromatic hydroxyl groups is 1. The van der Waals surface area contributed by atoms with Gasteiger partial charge in [0.25, 0.3) is 0 Å². The molecule has 1 unspecified atom stereocenters. The molecule has 0 saturated heterocycles. The summed E-state index contributed by atoms with van der Waals surface area (Å²) >= 11 is 0. The predicted octanol–water partition coefficient (Wildman–Crippen LogP) is 2.73. The standard InChI is InChI=1S/C12H14FNO2/c1-4-8-5-9(7(2)6-14)11(15)10(13)12(8)16-3/h5,7,15H,4H2,1-3H3. The monoisotopic (exact) mass is 223 g/mol. The first-order valence-electron chi connectivity index (χ1n) is 5.04. The van der Waals surface area contributed by atoms with E-state index in [9.17, 15) is 9.50 Å². The van der Waals surface area contributed by atoms with Gasteiger partial charge in [-0.25, -0.2) is 0 Å². The SMILES string of the molecule is CCc1cc(C(C)C#N)c(O)c(F)c1OC. The molecule has 0 amide bonds. The van der Waals surface area contributed by atoms with Crippen molar-refractivity contribution in [2.75, 3.05) is 7.11 Å². The number of ether oxygens (including phenoxy) is 1. The van der Waals surface area contributed by atoms with Gasteiger partial charge in [-0.3, -0.25) is 0 Å². The van der Waals surface area contributed by atoms with Crippen LogP contribution in [0.3, 0.4) is 0 Å². The second-order valence-corrected chi connectivity index (χ2v) is 3.53. The number of nitriles is 1. The van der Waals surface area contributed by atoms with E-state index in [0.29, 0.717) is 17.5 Å². The summed E-state index contributed by atoms with van der Waals surface area (Å²) in [6.07, 6.45) is 0.575. The lowest BCUT2D eigenvalue weighted by molar-refractivity contribution is 0.358. The molecule has 0 heterocycles. The van der Waals surface area contributed by atoms with Gasteiger partial charge in [0, 0.05) is 5.56 Å². The van der Waals surface area contributed by atoms with E-state index in [4.69, 9.17) is 10.00 Å².